The molecule has 19 heavy (non-hydrogen) atoms. The number of nitrogens with zero attached hydrogens (tertiary/aromatic N) is 3. The third-order valence-corrected chi connectivity index (χ3v) is 3.33. The van der Waals surface area contributed by atoms with Crippen LogP contribution in [0.4, 0.5) is 0 Å². The number of halogens is 1. The normalized spacial score (nSPS) is 10.9. The summed E-state index contributed by atoms with van der Waals surface area (Å²) in [6, 6.07) is 7.69. The maximum Gasteiger partial charge on any atom is 0.111 e. The van der Waals surface area contributed by atoms with Crippen LogP contribution in [0.15, 0.2) is 24.3 Å². The highest BCUT2D eigenvalue weighted by atomic mass is 35.5. The maximum absolute atomic E-state index is 9.30. The number of aromatic nitrogens is 3. The monoisotopic (exact) mass is 279 g/mol. The molecule has 1 aromatic heterocycles. The predicted molar refractivity (Wildman–Crippen MR) is 75.1 cm³/mol. The predicted octanol–water partition coefficient (Wildman–Crippen LogP) is 2.81. The zero-order valence-corrected chi connectivity index (χ0v) is 11.8. The smallest absolute Gasteiger partial charge is 0.111 e. The van der Waals surface area contributed by atoms with Crippen molar-refractivity contribution in [1.29, 1.82) is 0 Å². The lowest BCUT2D eigenvalue weighted by atomic mass is 10.1. The Bertz CT molecular complexity index is 522. The van der Waals surface area contributed by atoms with Gasteiger partial charge in [-0.3, -0.25) is 0 Å². The molecule has 0 aliphatic carbocycles. The molecule has 0 saturated carbocycles. The van der Waals surface area contributed by atoms with Gasteiger partial charge in [-0.05, 0) is 30.5 Å². The van der Waals surface area contributed by atoms with Crippen molar-refractivity contribution in [3.05, 3.63) is 46.2 Å². The fourth-order valence-electron chi connectivity index (χ4n) is 2.00. The fourth-order valence-corrected chi connectivity index (χ4v) is 2.12. The quantitative estimate of drug-likeness (QED) is 0.885. The van der Waals surface area contributed by atoms with E-state index in [0.29, 0.717) is 12.2 Å². The number of hydrogen-bond acceptors (Lipinski definition) is 3. The lowest BCUT2D eigenvalue weighted by Gasteiger charge is -2.07. The van der Waals surface area contributed by atoms with E-state index in [2.05, 4.69) is 17.2 Å². The zero-order valence-electron chi connectivity index (χ0n) is 11.0. The van der Waals surface area contributed by atoms with Crippen LogP contribution in [0.2, 0.25) is 5.02 Å². The Hall–Kier alpha value is -1.39. The first-order valence-electron chi connectivity index (χ1n) is 6.51. The first kappa shape index (κ1) is 14.0. The largest absolute Gasteiger partial charge is 0.390 e. The molecule has 0 saturated heterocycles. The third kappa shape index (κ3) is 3.55. The minimum Gasteiger partial charge on any atom is -0.390 e. The molecular weight excluding hydrogens is 262 g/mol. The lowest BCUT2D eigenvalue weighted by Crippen LogP contribution is -2.07. The molecule has 0 aliphatic heterocycles. The van der Waals surface area contributed by atoms with Crippen molar-refractivity contribution < 1.29 is 5.11 Å². The van der Waals surface area contributed by atoms with Gasteiger partial charge in [-0.25, -0.2) is 4.68 Å². The molecule has 1 aromatic carbocycles. The average molecular weight is 280 g/mol. The van der Waals surface area contributed by atoms with Gasteiger partial charge < -0.3 is 5.11 Å². The minimum absolute atomic E-state index is 0.0559. The van der Waals surface area contributed by atoms with E-state index in [1.54, 1.807) is 0 Å². The van der Waals surface area contributed by atoms with Gasteiger partial charge in [0.2, 0.25) is 0 Å². The summed E-state index contributed by atoms with van der Waals surface area (Å²) in [5.41, 5.74) is 2.83. The molecule has 5 heteroatoms. The van der Waals surface area contributed by atoms with E-state index in [-0.39, 0.29) is 6.61 Å². The van der Waals surface area contributed by atoms with Gasteiger partial charge in [-0.15, -0.1) is 5.10 Å². The Morgan fingerprint density at radius 2 is 2.00 bits per heavy atom. The Morgan fingerprint density at radius 3 is 2.63 bits per heavy atom. The van der Waals surface area contributed by atoms with Gasteiger partial charge in [-0.2, -0.15) is 0 Å². The summed E-state index contributed by atoms with van der Waals surface area (Å²) in [5, 5.41) is 18.2. The zero-order chi connectivity index (χ0) is 13.7. The molecule has 0 aliphatic rings. The Morgan fingerprint density at radius 1 is 1.26 bits per heavy atom. The van der Waals surface area contributed by atoms with Crippen molar-refractivity contribution in [1.82, 2.24) is 15.0 Å². The van der Waals surface area contributed by atoms with E-state index in [0.717, 1.165) is 35.5 Å². The molecule has 2 rings (SSSR count). The summed E-state index contributed by atoms with van der Waals surface area (Å²) in [6.07, 6.45) is 3.07. The Labute approximate surface area is 118 Å². The second-order valence-corrected chi connectivity index (χ2v) is 4.97. The number of hydrogen-bond donors (Lipinski definition) is 1. The average Bonchev–Trinajstić information content (AvgIpc) is 2.81. The molecule has 2 aromatic rings. The number of aliphatic hydroxyl groups excluding tert-OH is 1. The summed E-state index contributed by atoms with van der Waals surface area (Å²) in [7, 11) is 0. The molecule has 0 atom stereocenters. The van der Waals surface area contributed by atoms with Crippen LogP contribution < -0.4 is 0 Å². The highest BCUT2D eigenvalue weighted by Gasteiger charge is 2.11. The number of aliphatic hydroxyl groups is 1. The summed E-state index contributed by atoms with van der Waals surface area (Å²) in [6.45, 7) is 2.74. The van der Waals surface area contributed by atoms with Crippen LogP contribution in [0.5, 0.6) is 0 Å². The number of benzene rings is 1. The van der Waals surface area contributed by atoms with Gasteiger partial charge in [0.05, 0.1) is 18.8 Å². The molecular formula is C14H18ClN3O. The first-order chi connectivity index (χ1) is 9.24. The molecule has 0 radical (unpaired) electrons. The standard InChI is InChI=1S/C14H18ClN3O/c1-2-3-4-14-13(10-19)16-17-18(14)9-11-5-7-12(15)8-6-11/h5-8,19H,2-4,9-10H2,1H3. The second kappa shape index (κ2) is 6.68. The van der Waals surface area contributed by atoms with E-state index in [1.165, 1.54) is 0 Å². The molecule has 0 fully saturated rings. The molecule has 0 unspecified atom stereocenters. The van der Waals surface area contributed by atoms with E-state index in [1.807, 2.05) is 28.9 Å². The van der Waals surface area contributed by atoms with Gasteiger partial charge >= 0.3 is 0 Å². The van der Waals surface area contributed by atoms with Crippen LogP contribution in [0, 0.1) is 0 Å². The molecule has 0 spiro atoms. The van der Waals surface area contributed by atoms with Crippen molar-refractivity contribution in [3.8, 4) is 0 Å². The van der Waals surface area contributed by atoms with Crippen LogP contribution >= 0.6 is 11.6 Å². The van der Waals surface area contributed by atoms with Crippen molar-refractivity contribution >= 4 is 11.6 Å². The summed E-state index contributed by atoms with van der Waals surface area (Å²) in [4.78, 5) is 0. The summed E-state index contributed by atoms with van der Waals surface area (Å²) >= 11 is 5.87. The molecule has 102 valence electrons. The van der Waals surface area contributed by atoms with Crippen LogP contribution in [0.1, 0.15) is 36.7 Å². The van der Waals surface area contributed by atoms with Gasteiger partial charge in [0, 0.05) is 5.02 Å². The van der Waals surface area contributed by atoms with E-state index in [9.17, 15) is 5.11 Å². The highest BCUT2D eigenvalue weighted by Crippen LogP contribution is 2.14. The first-order valence-corrected chi connectivity index (χ1v) is 6.89. The molecule has 1 N–H and O–H groups in total. The van der Waals surface area contributed by atoms with Crippen molar-refractivity contribution in [2.24, 2.45) is 0 Å². The third-order valence-electron chi connectivity index (χ3n) is 3.08. The highest BCUT2D eigenvalue weighted by molar-refractivity contribution is 6.30. The van der Waals surface area contributed by atoms with Crippen LogP contribution in [-0.4, -0.2) is 20.1 Å². The van der Waals surface area contributed by atoms with Crippen molar-refractivity contribution in [2.75, 3.05) is 0 Å². The van der Waals surface area contributed by atoms with Gasteiger partial charge in [0.15, 0.2) is 0 Å². The molecule has 0 bridgehead atoms. The van der Waals surface area contributed by atoms with Crippen molar-refractivity contribution in [2.45, 2.75) is 39.3 Å². The summed E-state index contributed by atoms with van der Waals surface area (Å²) in [5.74, 6) is 0. The molecule has 0 amide bonds. The van der Waals surface area contributed by atoms with Crippen molar-refractivity contribution in [3.63, 3.8) is 0 Å². The van der Waals surface area contributed by atoms with Crippen LogP contribution in [0.3, 0.4) is 0 Å². The molecule has 4 nitrogen and oxygen atoms in total. The minimum atomic E-state index is -0.0559. The van der Waals surface area contributed by atoms with E-state index >= 15 is 0 Å². The Kier molecular flexibility index (Phi) is 4.93. The topological polar surface area (TPSA) is 50.9 Å². The van der Waals surface area contributed by atoms with Gasteiger partial charge in [0.1, 0.15) is 5.69 Å². The summed E-state index contributed by atoms with van der Waals surface area (Å²) < 4.78 is 1.87. The van der Waals surface area contributed by atoms with Gasteiger partial charge in [0.25, 0.3) is 0 Å². The van der Waals surface area contributed by atoms with Crippen LogP contribution in [-0.2, 0) is 19.6 Å². The number of unbranched alkanes of at least 4 members (excludes halogenated alkanes) is 1. The number of rotatable bonds is 6. The second-order valence-electron chi connectivity index (χ2n) is 4.53. The fraction of sp³-hybridized carbons (Fsp3) is 0.429. The maximum atomic E-state index is 9.30. The van der Waals surface area contributed by atoms with E-state index < -0.39 is 0 Å². The lowest BCUT2D eigenvalue weighted by molar-refractivity contribution is 0.275. The Balaban J connectivity index is 2.19. The van der Waals surface area contributed by atoms with E-state index in [4.69, 9.17) is 11.6 Å². The SMILES string of the molecule is CCCCc1c(CO)nnn1Cc1ccc(Cl)cc1. The molecule has 1 heterocycles. The van der Waals surface area contributed by atoms with Gasteiger partial charge in [-0.1, -0.05) is 42.3 Å². The van der Waals surface area contributed by atoms with Crippen LogP contribution in [0.25, 0.3) is 0 Å².